The molecular weight excluding hydrogens is 404 g/mol. The Morgan fingerprint density at radius 3 is 2.40 bits per heavy atom. The number of anilines is 1. The summed E-state index contributed by atoms with van der Waals surface area (Å²) in [5, 5.41) is 2.69. The van der Waals surface area contributed by atoms with Crippen LogP contribution in [0.3, 0.4) is 0 Å². The third kappa shape index (κ3) is 5.06. The van der Waals surface area contributed by atoms with Crippen LogP contribution in [0.4, 0.5) is 5.69 Å². The molecule has 30 heavy (non-hydrogen) atoms. The predicted octanol–water partition coefficient (Wildman–Crippen LogP) is 3.27. The molecule has 0 aromatic heterocycles. The molecule has 1 aliphatic rings. The Hall–Kier alpha value is -2.71. The highest BCUT2D eigenvalue weighted by Crippen LogP contribution is 2.23. The molecule has 160 valence electrons. The number of carbonyl (C=O) groups excluding carboxylic acids is 2. The van der Waals surface area contributed by atoms with Gasteiger partial charge in [-0.2, -0.15) is 4.31 Å². The van der Waals surface area contributed by atoms with Crippen molar-refractivity contribution in [3.8, 4) is 0 Å². The maximum absolute atomic E-state index is 12.9. The van der Waals surface area contributed by atoms with Crippen LogP contribution in [0.15, 0.2) is 47.4 Å². The van der Waals surface area contributed by atoms with E-state index >= 15 is 0 Å². The van der Waals surface area contributed by atoms with Crippen molar-refractivity contribution in [2.24, 2.45) is 0 Å². The summed E-state index contributed by atoms with van der Waals surface area (Å²) in [4.78, 5) is 24.7. The topological polar surface area (TPSA) is 92.8 Å². The summed E-state index contributed by atoms with van der Waals surface area (Å²) in [7, 11) is -3.67. The fourth-order valence-electron chi connectivity index (χ4n) is 3.34. The number of nitrogens with zero attached hydrogens (tertiary/aromatic N) is 1. The van der Waals surface area contributed by atoms with Crippen molar-refractivity contribution in [2.45, 2.75) is 38.0 Å². The van der Waals surface area contributed by atoms with E-state index in [9.17, 15) is 18.0 Å². The summed E-state index contributed by atoms with van der Waals surface area (Å²) in [5.41, 5.74) is 2.25. The number of aryl methyl sites for hydroxylation is 2. The zero-order valence-electron chi connectivity index (χ0n) is 17.2. The highest BCUT2D eigenvalue weighted by atomic mass is 32.2. The number of hydrogen-bond donors (Lipinski definition) is 1. The molecule has 0 radical (unpaired) electrons. The van der Waals surface area contributed by atoms with Gasteiger partial charge in [0.2, 0.25) is 10.0 Å². The maximum Gasteiger partial charge on any atom is 0.338 e. The second-order valence-electron chi connectivity index (χ2n) is 7.38. The summed E-state index contributed by atoms with van der Waals surface area (Å²) < 4.78 is 32.4. The van der Waals surface area contributed by atoms with Crippen molar-refractivity contribution in [3.63, 3.8) is 0 Å². The summed E-state index contributed by atoms with van der Waals surface area (Å²) in [6.07, 6.45) is 2.67. The second kappa shape index (κ2) is 9.40. The molecule has 0 spiro atoms. The van der Waals surface area contributed by atoms with Gasteiger partial charge < -0.3 is 10.1 Å². The van der Waals surface area contributed by atoms with Crippen LogP contribution >= 0.6 is 0 Å². The molecule has 7 nitrogen and oxygen atoms in total. The van der Waals surface area contributed by atoms with Crippen LogP contribution in [0.2, 0.25) is 0 Å². The van der Waals surface area contributed by atoms with Gasteiger partial charge in [0.15, 0.2) is 6.61 Å². The van der Waals surface area contributed by atoms with E-state index < -0.39 is 28.5 Å². The maximum atomic E-state index is 12.9. The predicted molar refractivity (Wildman–Crippen MR) is 114 cm³/mol. The zero-order valence-corrected chi connectivity index (χ0v) is 18.0. The lowest BCUT2D eigenvalue weighted by Crippen LogP contribution is -2.35. The molecule has 3 rings (SSSR count). The van der Waals surface area contributed by atoms with Gasteiger partial charge in [-0.3, -0.25) is 4.79 Å². The molecule has 0 unspecified atom stereocenters. The van der Waals surface area contributed by atoms with Crippen molar-refractivity contribution >= 4 is 27.6 Å². The number of benzene rings is 2. The number of esters is 1. The van der Waals surface area contributed by atoms with E-state index in [1.54, 1.807) is 25.1 Å². The van der Waals surface area contributed by atoms with Gasteiger partial charge in [-0.15, -0.1) is 0 Å². The standard InChI is InChI=1S/C22H26N2O5S/c1-16-10-11-18(30(27,28)24-12-6-3-7-13-24)14-19(16)22(26)29-15-21(25)23-20-9-5-4-8-17(20)2/h4-5,8-11,14H,3,6-7,12-13,15H2,1-2H3,(H,23,25). The van der Waals surface area contributed by atoms with Gasteiger partial charge in [0.05, 0.1) is 10.5 Å². The van der Waals surface area contributed by atoms with Gasteiger partial charge in [0.1, 0.15) is 0 Å². The summed E-state index contributed by atoms with van der Waals surface area (Å²) >= 11 is 0. The van der Waals surface area contributed by atoms with Gasteiger partial charge >= 0.3 is 5.97 Å². The largest absolute Gasteiger partial charge is 0.452 e. The van der Waals surface area contributed by atoms with E-state index in [2.05, 4.69) is 5.32 Å². The summed E-state index contributed by atoms with van der Waals surface area (Å²) in [5.74, 6) is -1.20. The normalized spacial score (nSPS) is 14.9. The van der Waals surface area contributed by atoms with E-state index in [-0.39, 0.29) is 10.5 Å². The quantitative estimate of drug-likeness (QED) is 0.710. The van der Waals surface area contributed by atoms with E-state index in [0.717, 1.165) is 24.8 Å². The Bertz CT molecular complexity index is 1040. The average Bonchev–Trinajstić information content (AvgIpc) is 2.74. The van der Waals surface area contributed by atoms with Crippen molar-refractivity contribution in [1.82, 2.24) is 4.31 Å². The number of piperidine rings is 1. The molecule has 2 aromatic carbocycles. The number of carbonyl (C=O) groups is 2. The zero-order chi connectivity index (χ0) is 21.7. The van der Waals surface area contributed by atoms with Crippen LogP contribution in [0.25, 0.3) is 0 Å². The monoisotopic (exact) mass is 430 g/mol. The van der Waals surface area contributed by atoms with Crippen molar-refractivity contribution < 1.29 is 22.7 Å². The molecule has 0 aliphatic carbocycles. The Morgan fingerprint density at radius 2 is 1.70 bits per heavy atom. The van der Waals surface area contributed by atoms with E-state index in [1.807, 2.05) is 19.1 Å². The van der Waals surface area contributed by atoms with Crippen molar-refractivity contribution in [3.05, 3.63) is 59.2 Å². The van der Waals surface area contributed by atoms with Gasteiger partial charge in [0.25, 0.3) is 5.91 Å². The molecular formula is C22H26N2O5S. The molecule has 1 heterocycles. The summed E-state index contributed by atoms with van der Waals surface area (Å²) in [6, 6.07) is 11.7. The third-order valence-electron chi connectivity index (χ3n) is 5.14. The highest BCUT2D eigenvalue weighted by Gasteiger charge is 2.27. The first kappa shape index (κ1) is 22.0. The lowest BCUT2D eigenvalue weighted by molar-refractivity contribution is -0.119. The molecule has 1 saturated heterocycles. The summed E-state index contributed by atoms with van der Waals surface area (Å²) in [6.45, 7) is 4.06. The molecule has 1 aliphatic heterocycles. The van der Waals surface area contributed by atoms with E-state index in [1.165, 1.54) is 16.4 Å². The lowest BCUT2D eigenvalue weighted by Gasteiger charge is -2.26. The molecule has 0 saturated carbocycles. The van der Waals surface area contributed by atoms with Crippen LogP contribution in [-0.4, -0.2) is 44.3 Å². The Kier molecular flexibility index (Phi) is 6.89. The number of para-hydroxylation sites is 1. The Labute approximate surface area is 177 Å². The van der Waals surface area contributed by atoms with Crippen LogP contribution < -0.4 is 5.32 Å². The van der Waals surface area contributed by atoms with Crippen LogP contribution in [-0.2, 0) is 19.6 Å². The Morgan fingerprint density at radius 1 is 1.00 bits per heavy atom. The number of rotatable bonds is 6. The second-order valence-corrected chi connectivity index (χ2v) is 9.32. The molecule has 2 aromatic rings. The van der Waals surface area contributed by atoms with Gasteiger partial charge in [-0.25, -0.2) is 13.2 Å². The number of hydrogen-bond acceptors (Lipinski definition) is 5. The number of sulfonamides is 1. The first-order valence-electron chi connectivity index (χ1n) is 9.92. The number of nitrogens with one attached hydrogen (secondary N) is 1. The van der Waals surface area contributed by atoms with E-state index in [4.69, 9.17) is 4.74 Å². The lowest BCUT2D eigenvalue weighted by atomic mass is 10.1. The number of ether oxygens (including phenoxy) is 1. The van der Waals surface area contributed by atoms with Gasteiger partial charge in [-0.1, -0.05) is 30.7 Å². The van der Waals surface area contributed by atoms with Crippen LogP contribution in [0.1, 0.15) is 40.7 Å². The number of amides is 1. The highest BCUT2D eigenvalue weighted by molar-refractivity contribution is 7.89. The Balaban J connectivity index is 1.69. The first-order chi connectivity index (χ1) is 14.3. The smallest absolute Gasteiger partial charge is 0.338 e. The molecule has 1 fully saturated rings. The van der Waals surface area contributed by atoms with Gasteiger partial charge in [0, 0.05) is 18.8 Å². The molecule has 0 atom stereocenters. The minimum absolute atomic E-state index is 0.0614. The minimum Gasteiger partial charge on any atom is -0.452 e. The SMILES string of the molecule is Cc1ccccc1NC(=O)COC(=O)c1cc(S(=O)(=O)N2CCCCC2)ccc1C. The third-order valence-corrected chi connectivity index (χ3v) is 7.03. The fourth-order valence-corrected chi connectivity index (χ4v) is 4.89. The minimum atomic E-state index is -3.67. The van der Waals surface area contributed by atoms with E-state index in [0.29, 0.717) is 24.3 Å². The van der Waals surface area contributed by atoms with Crippen molar-refractivity contribution in [1.29, 1.82) is 0 Å². The first-order valence-corrected chi connectivity index (χ1v) is 11.4. The van der Waals surface area contributed by atoms with Crippen LogP contribution in [0, 0.1) is 13.8 Å². The fraction of sp³-hybridized carbons (Fsp3) is 0.364. The molecule has 1 amide bonds. The van der Waals surface area contributed by atoms with Crippen molar-refractivity contribution in [2.75, 3.05) is 25.0 Å². The van der Waals surface area contributed by atoms with Gasteiger partial charge in [-0.05, 0) is 56.0 Å². The van der Waals surface area contributed by atoms with Crippen LogP contribution in [0.5, 0.6) is 0 Å². The molecule has 0 bridgehead atoms. The average molecular weight is 431 g/mol. The molecule has 8 heteroatoms. The molecule has 1 N–H and O–H groups in total.